The molecule has 148 valence electrons. The molecule has 1 aliphatic heterocycles. The van der Waals surface area contributed by atoms with E-state index < -0.39 is 18.5 Å². The Hall–Kier alpha value is -3.42. The lowest BCUT2D eigenvalue weighted by molar-refractivity contribution is -0.119. The molecule has 2 aromatic carbocycles. The van der Waals surface area contributed by atoms with Crippen LogP contribution in [0.2, 0.25) is 0 Å². The molecule has 1 aliphatic rings. The first-order chi connectivity index (χ1) is 13.5. The third-order valence-corrected chi connectivity index (χ3v) is 4.15. The van der Waals surface area contributed by atoms with Crippen molar-refractivity contribution in [1.82, 2.24) is 0 Å². The minimum absolute atomic E-state index is 0.228. The number of amides is 1. The maximum absolute atomic E-state index is 12.3. The summed E-state index contributed by atoms with van der Waals surface area (Å²) in [6.07, 6.45) is 0. The van der Waals surface area contributed by atoms with Gasteiger partial charge in [0.15, 0.2) is 18.1 Å². The van der Waals surface area contributed by atoms with E-state index in [-0.39, 0.29) is 5.56 Å². The van der Waals surface area contributed by atoms with Crippen molar-refractivity contribution in [2.45, 2.75) is 6.92 Å². The van der Waals surface area contributed by atoms with Crippen LogP contribution in [0.25, 0.3) is 0 Å². The maximum atomic E-state index is 12.3. The number of fused-ring (bicyclic) bond motifs is 1. The summed E-state index contributed by atoms with van der Waals surface area (Å²) in [6.45, 7) is 2.31. The van der Waals surface area contributed by atoms with E-state index in [0.29, 0.717) is 41.9 Å². The zero-order valence-corrected chi connectivity index (χ0v) is 15.9. The van der Waals surface area contributed by atoms with E-state index in [9.17, 15) is 9.59 Å². The zero-order chi connectivity index (χ0) is 20.1. The summed E-state index contributed by atoms with van der Waals surface area (Å²) >= 11 is 0. The smallest absolute Gasteiger partial charge is 0.338 e. The van der Waals surface area contributed by atoms with Gasteiger partial charge >= 0.3 is 5.97 Å². The van der Waals surface area contributed by atoms with Gasteiger partial charge in [-0.1, -0.05) is 0 Å². The Kier molecular flexibility index (Phi) is 5.88. The highest BCUT2D eigenvalue weighted by Crippen LogP contribution is 2.32. The van der Waals surface area contributed by atoms with Gasteiger partial charge in [-0.3, -0.25) is 4.79 Å². The van der Waals surface area contributed by atoms with Crippen LogP contribution >= 0.6 is 0 Å². The Balaban J connectivity index is 1.61. The lowest BCUT2D eigenvalue weighted by Crippen LogP contribution is -2.21. The van der Waals surface area contributed by atoms with Crippen LogP contribution in [-0.2, 0) is 9.53 Å². The summed E-state index contributed by atoms with van der Waals surface area (Å²) in [6, 6.07) is 8.13. The quantitative estimate of drug-likeness (QED) is 0.762. The Labute approximate surface area is 162 Å². The molecule has 3 rings (SSSR count). The highest BCUT2D eigenvalue weighted by atomic mass is 16.6. The van der Waals surface area contributed by atoms with E-state index in [1.165, 1.54) is 14.2 Å². The minimum Gasteiger partial charge on any atom is -0.496 e. The number of hydrogen-bond acceptors (Lipinski definition) is 7. The van der Waals surface area contributed by atoms with Crippen LogP contribution in [0.4, 0.5) is 5.69 Å². The minimum atomic E-state index is -0.658. The molecule has 0 aromatic heterocycles. The van der Waals surface area contributed by atoms with Crippen LogP contribution < -0.4 is 24.3 Å². The van der Waals surface area contributed by atoms with Crippen LogP contribution in [0.1, 0.15) is 15.9 Å². The maximum Gasteiger partial charge on any atom is 0.338 e. The summed E-state index contributed by atoms with van der Waals surface area (Å²) in [5.41, 5.74) is 1.51. The molecule has 28 heavy (non-hydrogen) atoms. The van der Waals surface area contributed by atoms with Crippen molar-refractivity contribution in [3.05, 3.63) is 41.5 Å². The Morgan fingerprint density at radius 3 is 2.29 bits per heavy atom. The Morgan fingerprint density at radius 1 is 1.00 bits per heavy atom. The highest BCUT2D eigenvalue weighted by molar-refractivity contribution is 5.96. The monoisotopic (exact) mass is 387 g/mol. The van der Waals surface area contributed by atoms with E-state index >= 15 is 0 Å². The average Bonchev–Trinajstić information content (AvgIpc) is 2.72. The van der Waals surface area contributed by atoms with Gasteiger partial charge in [0.1, 0.15) is 24.7 Å². The molecule has 2 aromatic rings. The second kappa shape index (κ2) is 8.51. The molecular formula is C20H21NO7. The molecule has 0 atom stereocenters. The number of carbonyl (C=O) groups is 2. The predicted molar refractivity (Wildman–Crippen MR) is 101 cm³/mol. The second-order valence-corrected chi connectivity index (χ2v) is 5.99. The molecule has 1 N–H and O–H groups in total. The van der Waals surface area contributed by atoms with Gasteiger partial charge < -0.3 is 29.0 Å². The summed E-state index contributed by atoms with van der Waals surface area (Å²) in [4.78, 5) is 24.4. The molecule has 0 aliphatic carbocycles. The van der Waals surface area contributed by atoms with Gasteiger partial charge in [0, 0.05) is 17.3 Å². The van der Waals surface area contributed by atoms with Gasteiger partial charge in [0.2, 0.25) is 0 Å². The van der Waals surface area contributed by atoms with Gasteiger partial charge in [-0.05, 0) is 31.2 Å². The van der Waals surface area contributed by atoms with Crippen LogP contribution in [0.5, 0.6) is 23.0 Å². The van der Waals surface area contributed by atoms with E-state index in [2.05, 4.69) is 5.32 Å². The molecule has 8 nitrogen and oxygen atoms in total. The van der Waals surface area contributed by atoms with Gasteiger partial charge in [-0.25, -0.2) is 4.79 Å². The predicted octanol–water partition coefficient (Wildman–Crippen LogP) is 2.58. The molecule has 0 bridgehead atoms. The molecular weight excluding hydrogens is 366 g/mol. The van der Waals surface area contributed by atoms with Gasteiger partial charge in [0.25, 0.3) is 5.91 Å². The third-order valence-electron chi connectivity index (χ3n) is 4.15. The fourth-order valence-corrected chi connectivity index (χ4v) is 2.74. The molecule has 0 spiro atoms. The fraction of sp³-hybridized carbons (Fsp3) is 0.300. The lowest BCUT2D eigenvalue weighted by Gasteiger charge is -2.19. The number of anilines is 1. The molecule has 1 amide bonds. The highest BCUT2D eigenvalue weighted by Gasteiger charge is 2.17. The van der Waals surface area contributed by atoms with E-state index in [0.717, 1.165) is 5.56 Å². The van der Waals surface area contributed by atoms with Crippen molar-refractivity contribution in [2.24, 2.45) is 0 Å². The average molecular weight is 387 g/mol. The summed E-state index contributed by atoms with van der Waals surface area (Å²) in [5, 5.41) is 2.65. The molecule has 0 radical (unpaired) electrons. The van der Waals surface area contributed by atoms with E-state index in [1.54, 1.807) is 30.3 Å². The number of rotatable bonds is 6. The van der Waals surface area contributed by atoms with Gasteiger partial charge in [-0.15, -0.1) is 0 Å². The first-order valence-corrected chi connectivity index (χ1v) is 8.61. The normalized spacial score (nSPS) is 12.1. The molecule has 1 heterocycles. The lowest BCUT2D eigenvalue weighted by atomic mass is 10.1. The topological polar surface area (TPSA) is 92.3 Å². The van der Waals surface area contributed by atoms with Crippen LogP contribution in [0, 0.1) is 6.92 Å². The Bertz CT molecular complexity index is 869. The van der Waals surface area contributed by atoms with Gasteiger partial charge in [0.05, 0.1) is 19.8 Å². The van der Waals surface area contributed by atoms with E-state index in [1.807, 2.05) is 6.92 Å². The fourth-order valence-electron chi connectivity index (χ4n) is 2.74. The number of hydrogen-bond donors (Lipinski definition) is 1. The number of methoxy groups -OCH3 is 2. The molecule has 0 fully saturated rings. The molecule has 0 saturated carbocycles. The Morgan fingerprint density at radius 2 is 1.64 bits per heavy atom. The molecule has 8 heteroatoms. The number of esters is 1. The largest absolute Gasteiger partial charge is 0.496 e. The van der Waals surface area contributed by atoms with Crippen molar-refractivity contribution in [1.29, 1.82) is 0 Å². The van der Waals surface area contributed by atoms with Crippen LogP contribution in [0.15, 0.2) is 30.3 Å². The summed E-state index contributed by atoms with van der Waals surface area (Å²) in [7, 11) is 3.00. The van der Waals surface area contributed by atoms with Crippen molar-refractivity contribution in [2.75, 3.05) is 39.4 Å². The first kappa shape index (κ1) is 19.3. The van der Waals surface area contributed by atoms with Crippen molar-refractivity contribution >= 4 is 17.6 Å². The number of nitrogens with one attached hydrogen (secondary N) is 1. The van der Waals surface area contributed by atoms with E-state index in [4.69, 9.17) is 23.7 Å². The summed E-state index contributed by atoms with van der Waals surface area (Å²) < 4.78 is 26.5. The second-order valence-electron chi connectivity index (χ2n) is 5.99. The number of carbonyl (C=O) groups excluding carboxylic acids is 2. The SMILES string of the molecule is COc1cc(C(=O)OCC(=O)Nc2ccc3c(c2)OCCO3)cc(OC)c1C. The first-order valence-electron chi connectivity index (χ1n) is 8.61. The van der Waals surface area contributed by atoms with Gasteiger partial charge in [-0.2, -0.15) is 0 Å². The number of ether oxygens (including phenoxy) is 5. The van der Waals surface area contributed by atoms with Crippen LogP contribution in [0.3, 0.4) is 0 Å². The van der Waals surface area contributed by atoms with Crippen molar-refractivity contribution in [3.8, 4) is 23.0 Å². The van der Waals surface area contributed by atoms with Crippen molar-refractivity contribution in [3.63, 3.8) is 0 Å². The summed E-state index contributed by atoms with van der Waals surface area (Å²) in [5.74, 6) is 1.03. The zero-order valence-electron chi connectivity index (χ0n) is 15.9. The standard InChI is InChI=1S/C20H21NO7/c1-12-16(24-2)8-13(9-17(12)25-3)20(23)28-11-19(22)21-14-4-5-15-18(10-14)27-7-6-26-15/h4-5,8-10H,6-7,11H2,1-3H3,(H,21,22). The number of benzene rings is 2. The third kappa shape index (κ3) is 4.28. The molecule has 0 unspecified atom stereocenters. The molecule has 0 saturated heterocycles. The van der Waals surface area contributed by atoms with Crippen molar-refractivity contribution < 1.29 is 33.3 Å². The van der Waals surface area contributed by atoms with Crippen LogP contribution in [-0.4, -0.2) is 45.9 Å².